The van der Waals surface area contributed by atoms with Crippen molar-refractivity contribution in [3.05, 3.63) is 4.91 Å². The van der Waals surface area contributed by atoms with Gasteiger partial charge in [-0.05, 0) is 18.3 Å². The molecule has 0 aliphatic carbocycles. The summed E-state index contributed by atoms with van der Waals surface area (Å²) in [6, 6.07) is 0. The third-order valence-electron chi connectivity index (χ3n) is 2.15. The van der Waals surface area contributed by atoms with Crippen LogP contribution in [0.5, 0.6) is 0 Å². The average molecular weight is 129 g/mol. The number of nitrogens with zero attached hydrogens (tertiary/aromatic N) is 1. The highest BCUT2D eigenvalue weighted by Crippen LogP contribution is 2.24. The first kappa shape index (κ1) is 8.60. The lowest BCUT2D eigenvalue weighted by molar-refractivity contribution is 0.310. The van der Waals surface area contributed by atoms with E-state index in [9.17, 15) is 4.91 Å². The molecule has 0 rings (SSSR count). The van der Waals surface area contributed by atoms with Crippen LogP contribution in [0, 0.1) is 10.3 Å². The van der Waals surface area contributed by atoms with Crippen LogP contribution in [0.4, 0.5) is 0 Å². The summed E-state index contributed by atoms with van der Waals surface area (Å²) in [5.41, 5.74) is 0.155. The van der Waals surface area contributed by atoms with Gasteiger partial charge in [-0.1, -0.05) is 25.9 Å². The van der Waals surface area contributed by atoms with Gasteiger partial charge < -0.3 is 0 Å². The van der Waals surface area contributed by atoms with Crippen LogP contribution < -0.4 is 0 Å². The minimum Gasteiger partial charge on any atom is -0.151 e. The summed E-state index contributed by atoms with van der Waals surface area (Å²) in [6.45, 7) is 6.73. The molecule has 0 atom stereocenters. The van der Waals surface area contributed by atoms with E-state index >= 15 is 0 Å². The second kappa shape index (κ2) is 3.59. The third-order valence-corrected chi connectivity index (χ3v) is 2.15. The van der Waals surface area contributed by atoms with E-state index in [2.05, 4.69) is 25.9 Å². The van der Waals surface area contributed by atoms with Crippen LogP contribution in [0.15, 0.2) is 5.18 Å². The Morgan fingerprint density at radius 2 is 1.78 bits per heavy atom. The van der Waals surface area contributed by atoms with Crippen molar-refractivity contribution in [1.82, 2.24) is 0 Å². The van der Waals surface area contributed by atoms with Crippen molar-refractivity contribution < 1.29 is 0 Å². The Kier molecular flexibility index (Phi) is 3.43. The SMILES string of the molecule is CCC(C)(CC)CN=O. The van der Waals surface area contributed by atoms with Gasteiger partial charge in [0.25, 0.3) is 0 Å². The topological polar surface area (TPSA) is 29.4 Å². The van der Waals surface area contributed by atoms with Gasteiger partial charge in [0, 0.05) is 0 Å². The highest BCUT2D eigenvalue weighted by atomic mass is 16.3. The molecule has 54 valence electrons. The van der Waals surface area contributed by atoms with E-state index in [0.717, 1.165) is 12.8 Å². The van der Waals surface area contributed by atoms with Crippen LogP contribution in [-0.4, -0.2) is 6.54 Å². The van der Waals surface area contributed by atoms with Gasteiger partial charge in [0.15, 0.2) is 0 Å². The number of nitroso groups, excluding NO2 is 1. The van der Waals surface area contributed by atoms with Crippen LogP contribution >= 0.6 is 0 Å². The molecule has 2 heteroatoms. The van der Waals surface area contributed by atoms with Crippen molar-refractivity contribution in [2.75, 3.05) is 6.54 Å². The van der Waals surface area contributed by atoms with Gasteiger partial charge in [0.05, 0.1) is 6.54 Å². The molecule has 0 heterocycles. The van der Waals surface area contributed by atoms with Gasteiger partial charge in [0.1, 0.15) is 0 Å². The molecule has 0 aliphatic heterocycles. The van der Waals surface area contributed by atoms with Crippen molar-refractivity contribution in [2.24, 2.45) is 10.6 Å². The fraction of sp³-hybridized carbons (Fsp3) is 1.00. The molecule has 0 aromatic rings. The molecule has 9 heavy (non-hydrogen) atoms. The molecule has 0 saturated carbocycles. The molecule has 0 aliphatic rings. The summed E-state index contributed by atoms with van der Waals surface area (Å²) in [5.74, 6) is 0. The van der Waals surface area contributed by atoms with Crippen molar-refractivity contribution in [1.29, 1.82) is 0 Å². The monoisotopic (exact) mass is 129 g/mol. The predicted octanol–water partition coefficient (Wildman–Crippen LogP) is 2.58. The molecular formula is C7H15NO. The summed E-state index contributed by atoms with van der Waals surface area (Å²) in [5, 5.41) is 2.90. The molecule has 0 unspecified atom stereocenters. The molecule has 0 bridgehead atoms. The maximum Gasteiger partial charge on any atom is 0.0864 e. The Morgan fingerprint density at radius 1 is 1.33 bits per heavy atom. The summed E-state index contributed by atoms with van der Waals surface area (Å²) in [7, 11) is 0. The van der Waals surface area contributed by atoms with E-state index in [4.69, 9.17) is 0 Å². The Morgan fingerprint density at radius 3 is 1.89 bits per heavy atom. The van der Waals surface area contributed by atoms with Gasteiger partial charge >= 0.3 is 0 Å². The molecule has 0 N–H and O–H groups in total. The number of hydrogen-bond acceptors (Lipinski definition) is 2. The lowest BCUT2D eigenvalue weighted by atomic mass is 9.85. The zero-order valence-corrected chi connectivity index (χ0v) is 6.48. The van der Waals surface area contributed by atoms with E-state index in [-0.39, 0.29) is 5.41 Å². The smallest absolute Gasteiger partial charge is 0.0864 e. The summed E-state index contributed by atoms with van der Waals surface area (Å²) in [4.78, 5) is 9.89. The standard InChI is InChI=1S/C7H15NO/c1-4-7(3,5-2)6-8-9/h4-6H2,1-3H3. The van der Waals surface area contributed by atoms with E-state index < -0.39 is 0 Å². The molecular weight excluding hydrogens is 114 g/mol. The molecule has 0 aromatic carbocycles. The van der Waals surface area contributed by atoms with Crippen LogP contribution in [0.25, 0.3) is 0 Å². The first-order chi connectivity index (χ1) is 4.18. The molecule has 0 saturated heterocycles. The van der Waals surface area contributed by atoms with Crippen LogP contribution in [0.2, 0.25) is 0 Å². The number of rotatable bonds is 4. The van der Waals surface area contributed by atoms with E-state index in [1.54, 1.807) is 0 Å². The molecule has 0 spiro atoms. The minimum atomic E-state index is 0.155. The Bertz CT molecular complexity index is 86.9. The molecule has 0 amide bonds. The summed E-state index contributed by atoms with van der Waals surface area (Å²) in [6.07, 6.45) is 2.07. The largest absolute Gasteiger partial charge is 0.151 e. The van der Waals surface area contributed by atoms with E-state index in [0.29, 0.717) is 6.54 Å². The lowest BCUT2D eigenvalue weighted by Gasteiger charge is -2.21. The first-order valence-electron chi connectivity index (χ1n) is 3.47. The van der Waals surface area contributed by atoms with Crippen molar-refractivity contribution in [2.45, 2.75) is 33.6 Å². The summed E-state index contributed by atoms with van der Waals surface area (Å²) >= 11 is 0. The first-order valence-corrected chi connectivity index (χ1v) is 3.47. The second-order valence-corrected chi connectivity index (χ2v) is 2.80. The number of hydrogen-bond donors (Lipinski definition) is 0. The second-order valence-electron chi connectivity index (χ2n) is 2.80. The van der Waals surface area contributed by atoms with Gasteiger partial charge in [-0.3, -0.25) is 0 Å². The van der Waals surface area contributed by atoms with Crippen LogP contribution in [0.3, 0.4) is 0 Å². The van der Waals surface area contributed by atoms with E-state index in [1.165, 1.54) is 0 Å². The van der Waals surface area contributed by atoms with Crippen LogP contribution in [-0.2, 0) is 0 Å². The third kappa shape index (κ3) is 2.59. The highest BCUT2D eigenvalue weighted by molar-refractivity contribution is 4.72. The molecule has 0 fully saturated rings. The fourth-order valence-corrected chi connectivity index (χ4v) is 0.629. The quantitative estimate of drug-likeness (QED) is 0.536. The zero-order chi connectivity index (χ0) is 7.33. The maximum absolute atomic E-state index is 9.89. The minimum absolute atomic E-state index is 0.155. The Labute approximate surface area is 56.6 Å². The summed E-state index contributed by atoms with van der Waals surface area (Å²) < 4.78 is 0. The fourth-order valence-electron chi connectivity index (χ4n) is 0.629. The van der Waals surface area contributed by atoms with Crippen LogP contribution in [0.1, 0.15) is 33.6 Å². The van der Waals surface area contributed by atoms with Crippen molar-refractivity contribution in [3.63, 3.8) is 0 Å². The predicted molar refractivity (Wildman–Crippen MR) is 39.4 cm³/mol. The molecule has 2 nitrogen and oxygen atoms in total. The van der Waals surface area contributed by atoms with Crippen molar-refractivity contribution in [3.8, 4) is 0 Å². The average Bonchev–Trinajstić information content (AvgIpc) is 1.89. The van der Waals surface area contributed by atoms with Gasteiger partial charge in [-0.25, -0.2) is 0 Å². The van der Waals surface area contributed by atoms with Gasteiger partial charge in [0.2, 0.25) is 0 Å². The normalized spacial score (nSPS) is 11.4. The lowest BCUT2D eigenvalue weighted by Crippen LogP contribution is -2.17. The zero-order valence-electron chi connectivity index (χ0n) is 6.48. The van der Waals surface area contributed by atoms with Gasteiger partial charge in [-0.15, -0.1) is 0 Å². The van der Waals surface area contributed by atoms with Crippen molar-refractivity contribution >= 4 is 0 Å². The highest BCUT2D eigenvalue weighted by Gasteiger charge is 2.18. The molecule has 0 aromatic heterocycles. The Balaban J connectivity index is 3.75. The van der Waals surface area contributed by atoms with E-state index in [1.807, 2.05) is 0 Å². The molecule has 0 radical (unpaired) electrons. The Hall–Kier alpha value is -0.400. The maximum atomic E-state index is 9.89. The van der Waals surface area contributed by atoms with Gasteiger partial charge in [-0.2, -0.15) is 4.91 Å².